The van der Waals surface area contributed by atoms with Crippen molar-refractivity contribution in [3.63, 3.8) is 0 Å². The predicted molar refractivity (Wildman–Crippen MR) is 105 cm³/mol. The van der Waals surface area contributed by atoms with Crippen LogP contribution in [0, 0.1) is 6.92 Å². The fourth-order valence-electron chi connectivity index (χ4n) is 3.52. The third-order valence-corrected chi connectivity index (χ3v) is 5.04. The molecule has 0 unspecified atom stereocenters. The Morgan fingerprint density at radius 2 is 1.82 bits per heavy atom. The molecule has 1 fully saturated rings. The standard InChI is InChI=1S/C22H22FN3O2/c1-14-12-16(10-11-24-14)15-6-7-17(20(27)13-15)19-8-9-22(26-25-19)28-21-5-3-2-4-18(21)23/h6-13,18,21,27H,2-5H2,1H3/t18-,21+/m1/s1. The molecule has 2 atom stereocenters. The summed E-state index contributed by atoms with van der Waals surface area (Å²) in [6.45, 7) is 1.93. The van der Waals surface area contributed by atoms with Crippen LogP contribution in [0.15, 0.2) is 48.7 Å². The monoisotopic (exact) mass is 379 g/mol. The molecule has 144 valence electrons. The Labute approximate surface area is 163 Å². The Bertz CT molecular complexity index is 962. The third-order valence-electron chi connectivity index (χ3n) is 5.04. The van der Waals surface area contributed by atoms with E-state index >= 15 is 0 Å². The van der Waals surface area contributed by atoms with Crippen LogP contribution in [0.4, 0.5) is 4.39 Å². The molecule has 1 aliphatic rings. The molecule has 5 nitrogen and oxygen atoms in total. The lowest BCUT2D eigenvalue weighted by Gasteiger charge is -2.25. The maximum absolute atomic E-state index is 13.9. The van der Waals surface area contributed by atoms with E-state index < -0.39 is 12.3 Å². The number of aromatic hydroxyl groups is 1. The van der Waals surface area contributed by atoms with Crippen LogP contribution in [-0.2, 0) is 0 Å². The van der Waals surface area contributed by atoms with Gasteiger partial charge in [-0.3, -0.25) is 4.98 Å². The van der Waals surface area contributed by atoms with Crippen LogP contribution in [0.3, 0.4) is 0 Å². The molecule has 1 aliphatic carbocycles. The maximum atomic E-state index is 13.9. The van der Waals surface area contributed by atoms with Gasteiger partial charge in [-0.15, -0.1) is 10.2 Å². The van der Waals surface area contributed by atoms with Gasteiger partial charge in [-0.2, -0.15) is 0 Å². The first-order chi connectivity index (χ1) is 13.6. The van der Waals surface area contributed by atoms with Gasteiger partial charge in [-0.25, -0.2) is 4.39 Å². The number of hydrogen-bond donors (Lipinski definition) is 1. The molecule has 0 saturated heterocycles. The molecule has 1 N–H and O–H groups in total. The van der Waals surface area contributed by atoms with Gasteiger partial charge >= 0.3 is 0 Å². The molecule has 0 spiro atoms. The van der Waals surface area contributed by atoms with Gasteiger partial charge in [-0.1, -0.05) is 12.5 Å². The Hall–Kier alpha value is -3.02. The highest BCUT2D eigenvalue weighted by molar-refractivity contribution is 5.74. The van der Waals surface area contributed by atoms with E-state index in [0.29, 0.717) is 30.0 Å². The van der Waals surface area contributed by atoms with E-state index in [1.54, 1.807) is 24.4 Å². The molecule has 0 bridgehead atoms. The van der Waals surface area contributed by atoms with Crippen LogP contribution in [-0.4, -0.2) is 32.6 Å². The van der Waals surface area contributed by atoms with Crippen molar-refractivity contribution in [1.29, 1.82) is 0 Å². The molecular formula is C22H22FN3O2. The molecule has 3 aromatic rings. The highest BCUT2D eigenvalue weighted by atomic mass is 19.1. The number of phenolic OH excluding ortho intramolecular Hbond substituents is 1. The lowest BCUT2D eigenvalue weighted by atomic mass is 9.96. The first kappa shape index (κ1) is 18.3. The van der Waals surface area contributed by atoms with E-state index in [9.17, 15) is 9.50 Å². The third kappa shape index (κ3) is 3.96. The van der Waals surface area contributed by atoms with Crippen LogP contribution >= 0.6 is 0 Å². The maximum Gasteiger partial charge on any atom is 0.233 e. The average molecular weight is 379 g/mol. The lowest BCUT2D eigenvalue weighted by molar-refractivity contribution is 0.0594. The number of phenols is 1. The predicted octanol–water partition coefficient (Wildman–Crippen LogP) is 4.88. The number of pyridine rings is 1. The zero-order valence-corrected chi connectivity index (χ0v) is 15.7. The van der Waals surface area contributed by atoms with Gasteiger partial charge in [-0.05, 0) is 67.6 Å². The summed E-state index contributed by atoms with van der Waals surface area (Å²) in [5.41, 5.74) is 3.90. The smallest absolute Gasteiger partial charge is 0.233 e. The van der Waals surface area contributed by atoms with Crippen molar-refractivity contribution in [3.05, 3.63) is 54.4 Å². The fraction of sp³-hybridized carbons (Fsp3) is 0.318. The molecular weight excluding hydrogens is 357 g/mol. The van der Waals surface area contributed by atoms with Gasteiger partial charge in [0.15, 0.2) is 0 Å². The number of rotatable bonds is 4. The zero-order valence-electron chi connectivity index (χ0n) is 15.7. The highest BCUT2D eigenvalue weighted by Crippen LogP contribution is 2.33. The fourth-order valence-corrected chi connectivity index (χ4v) is 3.52. The van der Waals surface area contributed by atoms with Gasteiger partial charge < -0.3 is 9.84 Å². The number of nitrogens with zero attached hydrogens (tertiary/aromatic N) is 3. The van der Waals surface area contributed by atoms with Gasteiger partial charge in [0.05, 0.1) is 5.69 Å². The number of halogens is 1. The van der Waals surface area contributed by atoms with Gasteiger partial charge in [0.1, 0.15) is 18.0 Å². The first-order valence-electron chi connectivity index (χ1n) is 9.51. The number of ether oxygens (including phenoxy) is 1. The van der Waals surface area contributed by atoms with Crippen LogP contribution in [0.5, 0.6) is 11.6 Å². The summed E-state index contributed by atoms with van der Waals surface area (Å²) in [6, 6.07) is 12.7. The molecule has 1 saturated carbocycles. The van der Waals surface area contributed by atoms with Crippen molar-refractivity contribution in [2.45, 2.75) is 44.9 Å². The summed E-state index contributed by atoms with van der Waals surface area (Å²) in [6.07, 6.45) is 3.44. The second-order valence-corrected chi connectivity index (χ2v) is 7.13. The number of alkyl halides is 1. The number of benzene rings is 1. The normalized spacial score (nSPS) is 19.4. The van der Waals surface area contributed by atoms with Crippen molar-refractivity contribution >= 4 is 0 Å². The molecule has 28 heavy (non-hydrogen) atoms. The van der Waals surface area contributed by atoms with Crippen molar-refractivity contribution in [1.82, 2.24) is 15.2 Å². The number of hydrogen-bond acceptors (Lipinski definition) is 5. The summed E-state index contributed by atoms with van der Waals surface area (Å²) in [7, 11) is 0. The number of aryl methyl sites for hydroxylation is 1. The minimum atomic E-state index is -0.955. The second kappa shape index (κ2) is 7.92. The van der Waals surface area contributed by atoms with Gasteiger partial charge in [0, 0.05) is 23.5 Å². The highest BCUT2D eigenvalue weighted by Gasteiger charge is 2.26. The molecule has 2 heterocycles. The minimum Gasteiger partial charge on any atom is -0.507 e. The van der Waals surface area contributed by atoms with E-state index in [2.05, 4.69) is 15.2 Å². The number of aromatic nitrogens is 3. The largest absolute Gasteiger partial charge is 0.507 e. The van der Waals surface area contributed by atoms with Crippen LogP contribution in [0.25, 0.3) is 22.4 Å². The first-order valence-corrected chi connectivity index (χ1v) is 9.51. The van der Waals surface area contributed by atoms with Crippen LogP contribution in [0.2, 0.25) is 0 Å². The summed E-state index contributed by atoms with van der Waals surface area (Å²) < 4.78 is 19.6. The van der Waals surface area contributed by atoms with Crippen LogP contribution < -0.4 is 4.74 Å². The van der Waals surface area contributed by atoms with Gasteiger partial charge in [0.2, 0.25) is 5.88 Å². The molecule has 0 radical (unpaired) electrons. The Morgan fingerprint density at radius 3 is 2.54 bits per heavy atom. The van der Waals surface area contributed by atoms with Crippen molar-refractivity contribution < 1.29 is 14.2 Å². The van der Waals surface area contributed by atoms with Gasteiger partial charge in [0.25, 0.3) is 0 Å². The molecule has 0 amide bonds. The van der Waals surface area contributed by atoms with E-state index in [1.807, 2.05) is 31.2 Å². The molecule has 4 rings (SSSR count). The van der Waals surface area contributed by atoms with Crippen molar-refractivity contribution in [3.8, 4) is 34.0 Å². The van der Waals surface area contributed by atoms with Crippen molar-refractivity contribution in [2.75, 3.05) is 0 Å². The lowest BCUT2D eigenvalue weighted by Crippen LogP contribution is -2.32. The summed E-state index contributed by atoms with van der Waals surface area (Å²) in [5.74, 6) is 0.424. The van der Waals surface area contributed by atoms with E-state index in [1.165, 1.54) is 0 Å². The summed E-state index contributed by atoms with van der Waals surface area (Å²) >= 11 is 0. The average Bonchev–Trinajstić information content (AvgIpc) is 2.70. The summed E-state index contributed by atoms with van der Waals surface area (Å²) in [4.78, 5) is 4.19. The van der Waals surface area contributed by atoms with E-state index in [4.69, 9.17) is 4.74 Å². The molecule has 0 aliphatic heterocycles. The Morgan fingerprint density at radius 1 is 1.00 bits per heavy atom. The van der Waals surface area contributed by atoms with E-state index in [-0.39, 0.29) is 5.75 Å². The Kier molecular flexibility index (Phi) is 5.19. The van der Waals surface area contributed by atoms with Crippen LogP contribution in [0.1, 0.15) is 31.4 Å². The summed E-state index contributed by atoms with van der Waals surface area (Å²) in [5, 5.41) is 18.7. The molecule has 6 heteroatoms. The van der Waals surface area contributed by atoms with Crippen molar-refractivity contribution in [2.24, 2.45) is 0 Å². The molecule has 1 aromatic carbocycles. The zero-order chi connectivity index (χ0) is 19.5. The quantitative estimate of drug-likeness (QED) is 0.700. The van der Waals surface area contributed by atoms with E-state index in [0.717, 1.165) is 29.7 Å². The Balaban J connectivity index is 1.52. The topological polar surface area (TPSA) is 68.1 Å². The SMILES string of the molecule is Cc1cc(-c2ccc(-c3ccc(O[C@H]4CCCC[C@H]4F)nn3)c(O)c2)ccn1. The minimum absolute atomic E-state index is 0.117. The molecule has 2 aromatic heterocycles. The second-order valence-electron chi connectivity index (χ2n) is 7.13.